The normalized spacial score (nSPS) is 14.2. The third kappa shape index (κ3) is 12.4. The van der Waals surface area contributed by atoms with Gasteiger partial charge in [0.1, 0.15) is 24.2 Å². The molecule has 5 atom stereocenters. The molecule has 238 valence electrons. The number of primary amides is 1. The number of carbonyl (C=O) groups excluding carboxylic acids is 5. The van der Waals surface area contributed by atoms with Gasteiger partial charge in [-0.15, -0.1) is 0 Å². The molecular formula is C30H37Br2N5O7. The fourth-order valence-corrected chi connectivity index (χ4v) is 5.64. The van der Waals surface area contributed by atoms with E-state index < -0.39 is 70.9 Å². The van der Waals surface area contributed by atoms with Gasteiger partial charge in [-0.2, -0.15) is 0 Å². The van der Waals surface area contributed by atoms with E-state index in [2.05, 4.69) is 53.1 Å². The number of rotatable bonds is 17. The highest BCUT2D eigenvalue weighted by atomic mass is 79.9. The highest BCUT2D eigenvalue weighted by molar-refractivity contribution is 9.10. The summed E-state index contributed by atoms with van der Waals surface area (Å²) in [6.45, 7) is 3.14. The van der Waals surface area contributed by atoms with Crippen LogP contribution in [0.25, 0.3) is 0 Å². The van der Waals surface area contributed by atoms with Crippen LogP contribution in [0.4, 0.5) is 0 Å². The van der Waals surface area contributed by atoms with Crippen molar-refractivity contribution in [3.8, 4) is 0 Å². The fraction of sp³-hybridized carbons (Fsp3) is 0.400. The number of carboxylic acid groups (broad SMARTS) is 1. The molecule has 12 nitrogen and oxygen atoms in total. The zero-order valence-electron chi connectivity index (χ0n) is 24.3. The largest absolute Gasteiger partial charge is 0.481 e. The van der Waals surface area contributed by atoms with Crippen LogP contribution in [0.3, 0.4) is 0 Å². The number of amides is 5. The average molecular weight is 739 g/mol. The van der Waals surface area contributed by atoms with E-state index in [1.807, 2.05) is 13.0 Å². The molecule has 44 heavy (non-hydrogen) atoms. The average Bonchev–Trinajstić information content (AvgIpc) is 2.94. The van der Waals surface area contributed by atoms with Crippen LogP contribution in [0.2, 0.25) is 0 Å². The summed E-state index contributed by atoms with van der Waals surface area (Å²) in [5.41, 5.74) is 6.97. The first-order valence-corrected chi connectivity index (χ1v) is 15.6. The predicted molar refractivity (Wildman–Crippen MR) is 170 cm³/mol. The molecule has 0 saturated carbocycles. The monoisotopic (exact) mass is 737 g/mol. The van der Waals surface area contributed by atoms with Crippen molar-refractivity contribution >= 4 is 67.4 Å². The molecule has 7 N–H and O–H groups in total. The quantitative estimate of drug-likeness (QED) is 0.133. The molecule has 0 aromatic heterocycles. The Morgan fingerprint density at radius 3 is 1.95 bits per heavy atom. The summed E-state index contributed by atoms with van der Waals surface area (Å²) in [7, 11) is 0. The van der Waals surface area contributed by atoms with Crippen molar-refractivity contribution in [3.63, 3.8) is 0 Å². The van der Waals surface area contributed by atoms with Gasteiger partial charge in [-0.05, 0) is 29.7 Å². The number of benzene rings is 2. The number of aliphatic carboxylic acids is 1. The van der Waals surface area contributed by atoms with Crippen molar-refractivity contribution in [2.45, 2.75) is 74.9 Å². The minimum absolute atomic E-state index is 0.0266. The third-order valence-corrected chi connectivity index (χ3v) is 7.96. The molecule has 2 aromatic rings. The van der Waals surface area contributed by atoms with Crippen molar-refractivity contribution in [3.05, 3.63) is 70.2 Å². The molecule has 2 aromatic carbocycles. The van der Waals surface area contributed by atoms with Gasteiger partial charge in [-0.1, -0.05) is 87.7 Å². The molecule has 0 fully saturated rings. The van der Waals surface area contributed by atoms with Crippen LogP contribution in [0.15, 0.2) is 59.1 Å². The van der Waals surface area contributed by atoms with Crippen molar-refractivity contribution in [2.75, 3.05) is 0 Å². The Morgan fingerprint density at radius 1 is 0.795 bits per heavy atom. The lowest BCUT2D eigenvalue weighted by Gasteiger charge is -2.28. The molecule has 0 spiro atoms. The van der Waals surface area contributed by atoms with E-state index in [-0.39, 0.29) is 12.8 Å². The van der Waals surface area contributed by atoms with Crippen LogP contribution >= 0.6 is 31.9 Å². The van der Waals surface area contributed by atoms with Gasteiger partial charge in [0, 0.05) is 29.1 Å². The van der Waals surface area contributed by atoms with Gasteiger partial charge in [0.15, 0.2) is 0 Å². The molecule has 1 unspecified atom stereocenters. The van der Waals surface area contributed by atoms with Crippen molar-refractivity contribution in [1.82, 2.24) is 21.3 Å². The third-order valence-electron chi connectivity index (χ3n) is 6.48. The maximum atomic E-state index is 13.5. The number of hydrogen-bond donors (Lipinski definition) is 6. The van der Waals surface area contributed by atoms with Gasteiger partial charge in [0.2, 0.25) is 29.5 Å². The molecule has 0 aliphatic carbocycles. The summed E-state index contributed by atoms with van der Waals surface area (Å²) in [4.78, 5) is 75.2. The first kappa shape index (κ1) is 36.4. The maximum absolute atomic E-state index is 13.5. The molecular weight excluding hydrogens is 702 g/mol. The molecule has 2 rings (SSSR count). The number of hydrogen-bond acceptors (Lipinski definition) is 6. The number of carbonyl (C=O) groups is 6. The second kappa shape index (κ2) is 18.1. The fourth-order valence-electron chi connectivity index (χ4n) is 4.36. The minimum Gasteiger partial charge on any atom is -0.481 e. The zero-order valence-corrected chi connectivity index (χ0v) is 27.5. The van der Waals surface area contributed by atoms with Crippen molar-refractivity contribution in [1.29, 1.82) is 0 Å². The van der Waals surface area contributed by atoms with Crippen LogP contribution in [-0.4, -0.2) is 69.6 Å². The number of halogens is 2. The summed E-state index contributed by atoms with van der Waals surface area (Å²) < 4.78 is 0.745. The lowest BCUT2D eigenvalue weighted by molar-refractivity contribution is -0.141. The Kier molecular flexibility index (Phi) is 15.0. The van der Waals surface area contributed by atoms with Crippen molar-refractivity contribution in [2.24, 2.45) is 5.73 Å². The smallest absolute Gasteiger partial charge is 0.305 e. The SMILES string of the molecule is CCCC(Br)[C@H](NC(=O)[C@H](Cc1ccccc1)NC(C)=O)C(=O)N[C@@H](CC(=O)O)C(=O)N[C@@H](Cc1cccc(Br)c1)C(N)=O. The molecule has 0 radical (unpaired) electrons. The van der Waals surface area contributed by atoms with E-state index >= 15 is 0 Å². The topological polar surface area (TPSA) is 197 Å². The summed E-state index contributed by atoms with van der Waals surface area (Å²) in [5.74, 6) is -5.10. The summed E-state index contributed by atoms with van der Waals surface area (Å²) >= 11 is 6.77. The lowest BCUT2D eigenvalue weighted by atomic mass is 10.0. The van der Waals surface area contributed by atoms with Gasteiger partial charge < -0.3 is 32.1 Å². The standard InChI is InChI=1S/C30H37Br2N5O7/c1-3-8-21(32)26(37-29(43)23(34-17(2)38)14-18-9-5-4-6-10-18)30(44)36-24(16-25(39)40)28(42)35-22(27(33)41)15-19-11-7-12-20(31)13-19/h4-7,9-13,21-24,26H,3,8,14-16H2,1-2H3,(H2,33,41)(H,34,38)(H,35,42)(H,36,44)(H,37,43)(H,39,40)/t21?,22-,23-,24-,26-/m0/s1. The van der Waals surface area contributed by atoms with E-state index in [0.717, 1.165) is 10.0 Å². The van der Waals surface area contributed by atoms with E-state index in [1.165, 1.54) is 6.92 Å². The molecule has 5 amide bonds. The van der Waals surface area contributed by atoms with Gasteiger partial charge in [-0.3, -0.25) is 28.8 Å². The molecule has 0 bridgehead atoms. The second-order valence-corrected chi connectivity index (χ2v) is 12.3. The molecule has 14 heteroatoms. The zero-order chi connectivity index (χ0) is 32.8. The first-order valence-electron chi connectivity index (χ1n) is 13.9. The predicted octanol–water partition coefficient (Wildman–Crippen LogP) is 1.72. The summed E-state index contributed by atoms with van der Waals surface area (Å²) in [5, 5.41) is 19.6. The number of nitrogens with two attached hydrogens (primary N) is 1. The van der Waals surface area contributed by atoms with E-state index in [0.29, 0.717) is 18.4 Å². The Balaban J connectivity index is 2.26. The van der Waals surface area contributed by atoms with Crippen molar-refractivity contribution < 1.29 is 33.9 Å². The van der Waals surface area contributed by atoms with Crippen LogP contribution in [0.1, 0.15) is 44.2 Å². The Labute approximate surface area is 272 Å². The summed E-state index contributed by atoms with van der Waals surface area (Å²) in [6, 6.07) is 10.9. The second-order valence-electron chi connectivity index (χ2n) is 10.2. The molecule has 0 aliphatic rings. The molecule has 0 saturated heterocycles. The number of nitrogens with one attached hydrogen (secondary N) is 4. The number of alkyl halides is 1. The summed E-state index contributed by atoms with van der Waals surface area (Å²) in [6.07, 6.45) is 0.443. The van der Waals surface area contributed by atoms with E-state index in [4.69, 9.17) is 5.73 Å². The highest BCUT2D eigenvalue weighted by Crippen LogP contribution is 2.16. The van der Waals surface area contributed by atoms with Crippen LogP contribution in [-0.2, 0) is 41.6 Å². The van der Waals surface area contributed by atoms with Crippen LogP contribution < -0.4 is 27.0 Å². The number of carboxylic acids is 1. The van der Waals surface area contributed by atoms with Crippen LogP contribution in [0.5, 0.6) is 0 Å². The first-order chi connectivity index (χ1) is 20.8. The van der Waals surface area contributed by atoms with Gasteiger partial charge in [-0.25, -0.2) is 0 Å². The molecule has 0 aliphatic heterocycles. The van der Waals surface area contributed by atoms with Gasteiger partial charge >= 0.3 is 5.97 Å². The minimum atomic E-state index is -1.60. The maximum Gasteiger partial charge on any atom is 0.305 e. The Hall–Kier alpha value is -3.78. The Bertz CT molecular complexity index is 1330. The van der Waals surface area contributed by atoms with Gasteiger partial charge in [0.05, 0.1) is 6.42 Å². The highest BCUT2D eigenvalue weighted by Gasteiger charge is 2.35. The molecule has 0 heterocycles. The van der Waals surface area contributed by atoms with Gasteiger partial charge in [0.25, 0.3) is 0 Å². The van der Waals surface area contributed by atoms with E-state index in [9.17, 15) is 33.9 Å². The van der Waals surface area contributed by atoms with Crippen LogP contribution in [0, 0.1) is 0 Å². The Morgan fingerprint density at radius 2 is 1.39 bits per heavy atom. The van der Waals surface area contributed by atoms with E-state index in [1.54, 1.807) is 48.5 Å². The lowest BCUT2D eigenvalue weighted by Crippen LogP contribution is -2.60.